The first-order chi connectivity index (χ1) is 9.74. The first-order valence-electron chi connectivity index (χ1n) is 5.77. The molecule has 20 heavy (non-hydrogen) atoms. The average Bonchev–Trinajstić information content (AvgIpc) is 2.98. The summed E-state index contributed by atoms with van der Waals surface area (Å²) in [6.07, 6.45) is 3.07. The van der Waals surface area contributed by atoms with Crippen LogP contribution in [0.15, 0.2) is 42.7 Å². The maximum absolute atomic E-state index is 10.9. The van der Waals surface area contributed by atoms with E-state index in [-0.39, 0.29) is 5.56 Å². The Kier molecular flexibility index (Phi) is 2.92. The topological polar surface area (TPSA) is 105 Å². The number of carboxylic acids is 1. The quantitative estimate of drug-likeness (QED) is 0.747. The number of H-pyrrole nitrogens is 1. The molecule has 0 aliphatic rings. The predicted octanol–water partition coefficient (Wildman–Crippen LogP) is 1.63. The third-order valence-corrected chi connectivity index (χ3v) is 2.63. The molecule has 98 valence electrons. The second-order valence-corrected chi connectivity index (χ2v) is 3.96. The number of nitrogens with zero attached hydrogens (tertiary/aromatic N) is 4. The minimum Gasteiger partial charge on any atom is -0.478 e. The standard InChI is InChI=1S/C13H9N5O2/c19-13(20)8-4-6-15-10(7-8)12-16-11(17-18-12)9-3-1-2-5-14-9/h1-7H,(H,19,20)(H,16,17,18). The lowest BCUT2D eigenvalue weighted by molar-refractivity contribution is 0.0697. The minimum atomic E-state index is -1.02. The van der Waals surface area contributed by atoms with Gasteiger partial charge in [0, 0.05) is 12.4 Å². The summed E-state index contributed by atoms with van der Waals surface area (Å²) in [5.41, 5.74) is 1.18. The molecule has 0 bridgehead atoms. The number of carboxylic acid groups (broad SMARTS) is 1. The highest BCUT2D eigenvalue weighted by atomic mass is 16.4. The number of hydrogen-bond donors (Lipinski definition) is 2. The third kappa shape index (κ3) is 2.24. The summed E-state index contributed by atoms with van der Waals surface area (Å²) in [4.78, 5) is 23.4. The van der Waals surface area contributed by atoms with Crippen LogP contribution in [0.5, 0.6) is 0 Å². The van der Waals surface area contributed by atoms with Crippen molar-refractivity contribution in [2.24, 2.45) is 0 Å². The lowest BCUT2D eigenvalue weighted by atomic mass is 10.2. The second-order valence-electron chi connectivity index (χ2n) is 3.96. The minimum absolute atomic E-state index is 0.138. The van der Waals surface area contributed by atoms with E-state index < -0.39 is 5.97 Å². The lowest BCUT2D eigenvalue weighted by Crippen LogP contribution is -1.97. The van der Waals surface area contributed by atoms with Crippen LogP contribution in [0.25, 0.3) is 23.0 Å². The van der Waals surface area contributed by atoms with Crippen LogP contribution in [0.4, 0.5) is 0 Å². The van der Waals surface area contributed by atoms with Gasteiger partial charge in [0.2, 0.25) is 0 Å². The van der Waals surface area contributed by atoms with Crippen molar-refractivity contribution in [1.29, 1.82) is 0 Å². The highest BCUT2D eigenvalue weighted by Gasteiger charge is 2.11. The van der Waals surface area contributed by atoms with Crippen molar-refractivity contribution in [1.82, 2.24) is 25.1 Å². The molecule has 0 aromatic carbocycles. The molecular formula is C13H9N5O2. The molecule has 0 radical (unpaired) electrons. The molecule has 0 fully saturated rings. The van der Waals surface area contributed by atoms with Crippen molar-refractivity contribution < 1.29 is 9.90 Å². The van der Waals surface area contributed by atoms with Crippen molar-refractivity contribution in [3.63, 3.8) is 0 Å². The zero-order valence-electron chi connectivity index (χ0n) is 10.2. The Bertz CT molecular complexity index is 754. The Morgan fingerprint density at radius 3 is 2.70 bits per heavy atom. The van der Waals surface area contributed by atoms with Gasteiger partial charge in [-0.2, -0.15) is 5.10 Å². The molecule has 0 aliphatic heterocycles. The van der Waals surface area contributed by atoms with E-state index in [4.69, 9.17) is 5.11 Å². The molecule has 0 saturated heterocycles. The van der Waals surface area contributed by atoms with Crippen molar-refractivity contribution in [3.8, 4) is 23.0 Å². The first kappa shape index (κ1) is 12.0. The molecule has 0 saturated carbocycles. The van der Waals surface area contributed by atoms with Crippen LogP contribution in [-0.4, -0.2) is 36.2 Å². The molecule has 0 amide bonds. The van der Waals surface area contributed by atoms with E-state index >= 15 is 0 Å². The molecule has 2 N–H and O–H groups in total. The smallest absolute Gasteiger partial charge is 0.335 e. The van der Waals surface area contributed by atoms with Gasteiger partial charge in [0.25, 0.3) is 0 Å². The molecular weight excluding hydrogens is 258 g/mol. The third-order valence-electron chi connectivity index (χ3n) is 2.63. The summed E-state index contributed by atoms with van der Waals surface area (Å²) >= 11 is 0. The maximum atomic E-state index is 10.9. The number of aromatic amines is 1. The van der Waals surface area contributed by atoms with Crippen LogP contribution in [0.1, 0.15) is 10.4 Å². The van der Waals surface area contributed by atoms with Crippen LogP contribution in [0, 0.1) is 0 Å². The highest BCUT2D eigenvalue weighted by Crippen LogP contribution is 2.17. The lowest BCUT2D eigenvalue weighted by Gasteiger charge is -1.96. The number of aromatic nitrogens is 5. The average molecular weight is 267 g/mol. The zero-order valence-corrected chi connectivity index (χ0v) is 10.2. The van der Waals surface area contributed by atoms with E-state index in [2.05, 4.69) is 25.1 Å². The Labute approximate surface area is 113 Å². The van der Waals surface area contributed by atoms with Gasteiger partial charge in [0.05, 0.1) is 5.56 Å². The Balaban J connectivity index is 1.98. The van der Waals surface area contributed by atoms with Crippen LogP contribution in [0.3, 0.4) is 0 Å². The van der Waals surface area contributed by atoms with Gasteiger partial charge in [-0.1, -0.05) is 6.07 Å². The van der Waals surface area contributed by atoms with Crippen molar-refractivity contribution in [2.45, 2.75) is 0 Å². The molecule has 7 heteroatoms. The van der Waals surface area contributed by atoms with Crippen molar-refractivity contribution in [2.75, 3.05) is 0 Å². The van der Waals surface area contributed by atoms with Gasteiger partial charge in [-0.15, -0.1) is 0 Å². The summed E-state index contributed by atoms with van der Waals surface area (Å²) in [6.45, 7) is 0. The van der Waals surface area contributed by atoms with E-state index in [1.165, 1.54) is 18.3 Å². The Morgan fingerprint density at radius 1 is 1.10 bits per heavy atom. The Morgan fingerprint density at radius 2 is 1.95 bits per heavy atom. The molecule has 3 heterocycles. The fourth-order valence-corrected chi connectivity index (χ4v) is 1.68. The largest absolute Gasteiger partial charge is 0.478 e. The van der Waals surface area contributed by atoms with Gasteiger partial charge in [-0.25, -0.2) is 9.78 Å². The molecule has 0 atom stereocenters. The van der Waals surface area contributed by atoms with Gasteiger partial charge in [0.1, 0.15) is 11.4 Å². The molecule has 3 aromatic rings. The van der Waals surface area contributed by atoms with E-state index in [1.54, 1.807) is 18.3 Å². The first-order valence-corrected chi connectivity index (χ1v) is 5.77. The van der Waals surface area contributed by atoms with Gasteiger partial charge in [-0.3, -0.25) is 15.1 Å². The van der Waals surface area contributed by atoms with Gasteiger partial charge < -0.3 is 5.11 Å². The van der Waals surface area contributed by atoms with Crippen LogP contribution < -0.4 is 0 Å². The van der Waals surface area contributed by atoms with Crippen molar-refractivity contribution >= 4 is 5.97 Å². The van der Waals surface area contributed by atoms with E-state index in [0.717, 1.165) is 0 Å². The van der Waals surface area contributed by atoms with Crippen LogP contribution >= 0.6 is 0 Å². The number of nitrogens with one attached hydrogen (secondary N) is 1. The second kappa shape index (κ2) is 4.88. The van der Waals surface area contributed by atoms with E-state index in [1.807, 2.05) is 6.07 Å². The van der Waals surface area contributed by atoms with Crippen LogP contribution in [-0.2, 0) is 0 Å². The molecule has 7 nitrogen and oxygen atoms in total. The number of hydrogen-bond acceptors (Lipinski definition) is 5. The molecule has 0 unspecified atom stereocenters. The van der Waals surface area contributed by atoms with Gasteiger partial charge in [-0.05, 0) is 24.3 Å². The summed E-state index contributed by atoms with van der Waals surface area (Å²) in [7, 11) is 0. The number of carbonyl (C=O) groups is 1. The van der Waals surface area contributed by atoms with Crippen molar-refractivity contribution in [3.05, 3.63) is 48.3 Å². The van der Waals surface area contributed by atoms with Gasteiger partial charge in [0.15, 0.2) is 11.6 Å². The molecule has 3 rings (SSSR count). The number of pyridine rings is 2. The normalized spacial score (nSPS) is 10.4. The molecule has 0 aliphatic carbocycles. The number of rotatable bonds is 3. The molecule has 0 spiro atoms. The highest BCUT2D eigenvalue weighted by molar-refractivity contribution is 5.88. The van der Waals surface area contributed by atoms with E-state index in [9.17, 15) is 4.79 Å². The fraction of sp³-hybridized carbons (Fsp3) is 0. The SMILES string of the molecule is O=C(O)c1ccnc(-c2n[nH]c(-c3ccccn3)n2)c1. The van der Waals surface area contributed by atoms with Crippen LogP contribution in [0.2, 0.25) is 0 Å². The predicted molar refractivity (Wildman–Crippen MR) is 69.8 cm³/mol. The summed E-state index contributed by atoms with van der Waals surface area (Å²) in [5, 5.41) is 15.7. The fourth-order valence-electron chi connectivity index (χ4n) is 1.68. The molecule has 3 aromatic heterocycles. The Hall–Kier alpha value is -3.09. The van der Waals surface area contributed by atoms with E-state index in [0.29, 0.717) is 23.0 Å². The van der Waals surface area contributed by atoms with Gasteiger partial charge >= 0.3 is 5.97 Å². The summed E-state index contributed by atoms with van der Waals surface area (Å²) in [6, 6.07) is 8.28. The summed E-state index contributed by atoms with van der Waals surface area (Å²) < 4.78 is 0. The maximum Gasteiger partial charge on any atom is 0.335 e. The monoisotopic (exact) mass is 267 g/mol. The zero-order chi connectivity index (χ0) is 13.9. The number of aromatic carboxylic acids is 1. The summed E-state index contributed by atoms with van der Waals surface area (Å²) in [5.74, 6) is -0.189.